The van der Waals surface area contributed by atoms with Gasteiger partial charge in [-0.05, 0) is 62.1 Å². The van der Waals surface area contributed by atoms with E-state index in [1.165, 1.54) is 17.7 Å². The number of nitrogens with zero attached hydrogens (tertiary/aromatic N) is 1. The SMILES string of the molecule is Cc1ccc(C)c(C(C#N)CCCOc2ccc(F)cc2)c1. The van der Waals surface area contributed by atoms with Crippen molar-refractivity contribution in [1.82, 2.24) is 0 Å². The van der Waals surface area contributed by atoms with Crippen LogP contribution in [0.5, 0.6) is 5.75 Å². The summed E-state index contributed by atoms with van der Waals surface area (Å²) < 4.78 is 18.4. The van der Waals surface area contributed by atoms with Gasteiger partial charge in [0.1, 0.15) is 11.6 Å². The summed E-state index contributed by atoms with van der Waals surface area (Å²) in [6.07, 6.45) is 1.53. The Kier molecular flexibility index (Phi) is 5.55. The van der Waals surface area contributed by atoms with Crippen LogP contribution in [0.25, 0.3) is 0 Å². The summed E-state index contributed by atoms with van der Waals surface area (Å²) in [7, 11) is 0. The zero-order valence-electron chi connectivity index (χ0n) is 13.0. The molecule has 1 unspecified atom stereocenters. The van der Waals surface area contributed by atoms with Crippen molar-refractivity contribution in [2.75, 3.05) is 6.61 Å². The van der Waals surface area contributed by atoms with Gasteiger partial charge in [0.2, 0.25) is 0 Å². The third kappa shape index (κ3) is 4.33. The van der Waals surface area contributed by atoms with Crippen LogP contribution >= 0.6 is 0 Å². The summed E-state index contributed by atoms with van der Waals surface area (Å²) in [4.78, 5) is 0. The van der Waals surface area contributed by atoms with Gasteiger partial charge in [0.05, 0.1) is 18.6 Å². The Bertz CT molecular complexity index is 658. The van der Waals surface area contributed by atoms with Crippen LogP contribution in [-0.4, -0.2) is 6.61 Å². The molecule has 0 bridgehead atoms. The van der Waals surface area contributed by atoms with Crippen LogP contribution in [0.1, 0.15) is 35.4 Å². The molecule has 0 aliphatic carbocycles. The number of hydrogen-bond donors (Lipinski definition) is 0. The lowest BCUT2D eigenvalue weighted by molar-refractivity contribution is 0.304. The van der Waals surface area contributed by atoms with Crippen molar-refractivity contribution >= 4 is 0 Å². The van der Waals surface area contributed by atoms with Gasteiger partial charge in [-0.3, -0.25) is 0 Å². The van der Waals surface area contributed by atoms with Gasteiger partial charge in [0, 0.05) is 0 Å². The Morgan fingerprint density at radius 2 is 1.86 bits per heavy atom. The quantitative estimate of drug-likeness (QED) is 0.710. The second-order valence-corrected chi connectivity index (χ2v) is 5.49. The van der Waals surface area contributed by atoms with Gasteiger partial charge >= 0.3 is 0 Å². The summed E-state index contributed by atoms with van der Waals surface area (Å²) in [5.74, 6) is 0.269. The lowest BCUT2D eigenvalue weighted by Crippen LogP contribution is -2.04. The minimum Gasteiger partial charge on any atom is -0.494 e. The minimum absolute atomic E-state index is 0.114. The molecule has 0 N–H and O–H groups in total. The molecule has 0 radical (unpaired) electrons. The van der Waals surface area contributed by atoms with Crippen molar-refractivity contribution in [2.45, 2.75) is 32.6 Å². The summed E-state index contributed by atoms with van der Waals surface area (Å²) in [5, 5.41) is 9.41. The Morgan fingerprint density at radius 3 is 2.55 bits per heavy atom. The fraction of sp³-hybridized carbons (Fsp3) is 0.316. The molecule has 0 heterocycles. The van der Waals surface area contributed by atoms with Gasteiger partial charge < -0.3 is 4.74 Å². The van der Waals surface area contributed by atoms with E-state index in [1.807, 2.05) is 13.8 Å². The van der Waals surface area contributed by atoms with E-state index in [9.17, 15) is 9.65 Å². The van der Waals surface area contributed by atoms with Crippen molar-refractivity contribution in [3.8, 4) is 11.8 Å². The fourth-order valence-corrected chi connectivity index (χ4v) is 2.43. The first-order valence-electron chi connectivity index (χ1n) is 7.45. The average molecular weight is 297 g/mol. The standard InChI is InChI=1S/C19H20FNO/c1-14-5-6-15(2)19(12-14)16(13-21)4-3-11-22-18-9-7-17(20)8-10-18/h5-10,12,16H,3-4,11H2,1-2H3. The van der Waals surface area contributed by atoms with Gasteiger partial charge in [0.15, 0.2) is 0 Å². The Balaban J connectivity index is 1.88. The fourth-order valence-electron chi connectivity index (χ4n) is 2.43. The molecule has 2 aromatic carbocycles. The zero-order valence-corrected chi connectivity index (χ0v) is 13.0. The first-order chi connectivity index (χ1) is 10.6. The van der Waals surface area contributed by atoms with E-state index in [2.05, 4.69) is 24.3 Å². The van der Waals surface area contributed by atoms with Crippen molar-refractivity contribution in [3.63, 3.8) is 0 Å². The molecule has 0 fully saturated rings. The van der Waals surface area contributed by atoms with E-state index in [0.29, 0.717) is 12.4 Å². The van der Waals surface area contributed by atoms with E-state index < -0.39 is 0 Å². The Morgan fingerprint density at radius 1 is 1.14 bits per heavy atom. The predicted octanol–water partition coefficient (Wildman–Crippen LogP) is 4.91. The molecule has 0 amide bonds. The molecule has 0 spiro atoms. The van der Waals surface area contributed by atoms with Gasteiger partial charge in [-0.2, -0.15) is 5.26 Å². The van der Waals surface area contributed by atoms with Crippen LogP contribution in [0.4, 0.5) is 4.39 Å². The third-order valence-electron chi connectivity index (χ3n) is 3.69. The molecule has 0 saturated carbocycles. The number of aryl methyl sites for hydroxylation is 2. The molecule has 0 aliphatic heterocycles. The number of hydrogen-bond acceptors (Lipinski definition) is 2. The highest BCUT2D eigenvalue weighted by Gasteiger charge is 2.13. The van der Waals surface area contributed by atoms with Crippen molar-refractivity contribution in [1.29, 1.82) is 5.26 Å². The third-order valence-corrected chi connectivity index (χ3v) is 3.69. The second kappa shape index (κ2) is 7.61. The summed E-state index contributed by atoms with van der Waals surface area (Å²) >= 11 is 0. The Labute approximate surface area is 131 Å². The van der Waals surface area contributed by atoms with Crippen molar-refractivity contribution in [2.24, 2.45) is 0 Å². The van der Waals surface area contributed by atoms with Crippen molar-refractivity contribution < 1.29 is 9.13 Å². The lowest BCUT2D eigenvalue weighted by Gasteiger charge is -2.13. The van der Waals surface area contributed by atoms with E-state index in [0.717, 1.165) is 24.0 Å². The number of rotatable bonds is 6. The molecule has 114 valence electrons. The molecule has 2 rings (SSSR count). The van der Waals surface area contributed by atoms with Gasteiger partial charge in [-0.1, -0.05) is 23.8 Å². The molecule has 0 aromatic heterocycles. The maximum Gasteiger partial charge on any atom is 0.123 e. The molecule has 22 heavy (non-hydrogen) atoms. The predicted molar refractivity (Wildman–Crippen MR) is 85.4 cm³/mol. The highest BCUT2D eigenvalue weighted by molar-refractivity contribution is 5.36. The van der Waals surface area contributed by atoms with E-state index in [1.54, 1.807) is 12.1 Å². The van der Waals surface area contributed by atoms with Gasteiger partial charge in [0.25, 0.3) is 0 Å². The van der Waals surface area contributed by atoms with Crippen LogP contribution < -0.4 is 4.74 Å². The van der Waals surface area contributed by atoms with Crippen molar-refractivity contribution in [3.05, 3.63) is 65.0 Å². The topological polar surface area (TPSA) is 33.0 Å². The van der Waals surface area contributed by atoms with E-state index in [-0.39, 0.29) is 11.7 Å². The van der Waals surface area contributed by atoms with Crippen LogP contribution in [-0.2, 0) is 0 Å². The van der Waals surface area contributed by atoms with E-state index in [4.69, 9.17) is 4.74 Å². The molecule has 0 aliphatic rings. The highest BCUT2D eigenvalue weighted by Crippen LogP contribution is 2.25. The summed E-state index contributed by atoms with van der Waals surface area (Å²) in [6.45, 7) is 4.60. The van der Waals surface area contributed by atoms with Gasteiger partial charge in [-0.15, -0.1) is 0 Å². The zero-order chi connectivity index (χ0) is 15.9. The van der Waals surface area contributed by atoms with E-state index >= 15 is 0 Å². The molecule has 3 heteroatoms. The monoisotopic (exact) mass is 297 g/mol. The number of benzene rings is 2. The molecule has 0 saturated heterocycles. The van der Waals surface area contributed by atoms with Crippen LogP contribution in [0.2, 0.25) is 0 Å². The molecular formula is C19H20FNO. The molecule has 1 atom stereocenters. The first kappa shape index (κ1) is 16.0. The number of ether oxygens (including phenoxy) is 1. The molecule has 2 nitrogen and oxygen atoms in total. The maximum absolute atomic E-state index is 12.8. The number of halogens is 1. The van der Waals surface area contributed by atoms with Crippen LogP contribution in [0.3, 0.4) is 0 Å². The largest absolute Gasteiger partial charge is 0.494 e. The molecular weight excluding hydrogens is 277 g/mol. The normalized spacial score (nSPS) is 11.7. The smallest absolute Gasteiger partial charge is 0.123 e. The average Bonchev–Trinajstić information content (AvgIpc) is 2.52. The number of nitriles is 1. The van der Waals surface area contributed by atoms with Crippen LogP contribution in [0.15, 0.2) is 42.5 Å². The Hall–Kier alpha value is -2.34. The highest BCUT2D eigenvalue weighted by atomic mass is 19.1. The minimum atomic E-state index is -0.271. The maximum atomic E-state index is 12.8. The van der Waals surface area contributed by atoms with Crippen LogP contribution in [0, 0.1) is 31.0 Å². The van der Waals surface area contributed by atoms with Gasteiger partial charge in [-0.25, -0.2) is 4.39 Å². The lowest BCUT2D eigenvalue weighted by atomic mass is 9.91. The summed E-state index contributed by atoms with van der Waals surface area (Å²) in [5.41, 5.74) is 3.42. The molecule has 2 aromatic rings. The first-order valence-corrected chi connectivity index (χ1v) is 7.45. The summed E-state index contributed by atoms with van der Waals surface area (Å²) in [6, 6.07) is 14.6. The second-order valence-electron chi connectivity index (χ2n) is 5.49.